The minimum absolute atomic E-state index is 0.123. The van der Waals surface area contributed by atoms with Gasteiger partial charge in [-0.3, -0.25) is 10.1 Å². The Labute approximate surface area is 121 Å². The van der Waals surface area contributed by atoms with Crippen LogP contribution in [-0.2, 0) is 6.18 Å². The van der Waals surface area contributed by atoms with Crippen LogP contribution in [0, 0.1) is 16.0 Å². The van der Waals surface area contributed by atoms with Gasteiger partial charge in [0.25, 0.3) is 5.69 Å². The summed E-state index contributed by atoms with van der Waals surface area (Å²) in [5.41, 5.74) is -1.44. The van der Waals surface area contributed by atoms with Crippen molar-refractivity contribution in [2.24, 2.45) is 5.92 Å². The topological polar surface area (TPSA) is 55.2 Å². The van der Waals surface area contributed by atoms with Gasteiger partial charge < -0.3 is 5.32 Å². The molecule has 0 saturated heterocycles. The number of nitro benzene ring substituents is 1. The fraction of sp³-hybridized carbons (Fsp3) is 0.571. The minimum atomic E-state index is -4.58. The molecular weight excluding hydrogens is 285 g/mol. The van der Waals surface area contributed by atoms with Crippen molar-refractivity contribution in [3.8, 4) is 0 Å². The van der Waals surface area contributed by atoms with Gasteiger partial charge in [-0.25, -0.2) is 0 Å². The van der Waals surface area contributed by atoms with Gasteiger partial charge in [-0.1, -0.05) is 26.7 Å². The summed E-state index contributed by atoms with van der Waals surface area (Å²) in [6.45, 7) is 4.71. The third-order valence-electron chi connectivity index (χ3n) is 3.05. The zero-order chi connectivity index (χ0) is 16.0. The first-order chi connectivity index (χ1) is 9.71. The van der Waals surface area contributed by atoms with Crippen LogP contribution < -0.4 is 5.32 Å². The molecule has 0 atom stereocenters. The Morgan fingerprint density at radius 3 is 2.48 bits per heavy atom. The molecule has 0 unspecified atom stereocenters. The van der Waals surface area contributed by atoms with Crippen LogP contribution in [0.3, 0.4) is 0 Å². The van der Waals surface area contributed by atoms with Crippen LogP contribution in [0.25, 0.3) is 0 Å². The summed E-state index contributed by atoms with van der Waals surface area (Å²) < 4.78 is 37.6. The number of hydrogen-bond acceptors (Lipinski definition) is 3. The van der Waals surface area contributed by atoms with Crippen LogP contribution in [0.4, 0.5) is 24.5 Å². The fourth-order valence-electron chi connectivity index (χ4n) is 1.91. The average Bonchev–Trinajstić information content (AvgIpc) is 2.36. The van der Waals surface area contributed by atoms with E-state index in [2.05, 4.69) is 19.2 Å². The highest BCUT2D eigenvalue weighted by atomic mass is 19.4. The molecule has 0 fully saturated rings. The molecule has 21 heavy (non-hydrogen) atoms. The molecule has 0 aliphatic rings. The van der Waals surface area contributed by atoms with E-state index in [-0.39, 0.29) is 5.69 Å². The molecule has 1 aromatic rings. The number of nitrogens with zero attached hydrogens (tertiary/aromatic N) is 1. The van der Waals surface area contributed by atoms with Crippen LogP contribution in [-0.4, -0.2) is 11.5 Å². The third-order valence-corrected chi connectivity index (χ3v) is 3.05. The van der Waals surface area contributed by atoms with Crippen molar-refractivity contribution in [2.75, 3.05) is 11.9 Å². The summed E-state index contributed by atoms with van der Waals surface area (Å²) in [7, 11) is 0. The van der Waals surface area contributed by atoms with Gasteiger partial charge in [0.15, 0.2) is 0 Å². The maximum Gasteiger partial charge on any atom is 0.416 e. The molecule has 0 amide bonds. The van der Waals surface area contributed by atoms with E-state index in [1.807, 2.05) is 0 Å². The molecule has 0 bridgehead atoms. The van der Waals surface area contributed by atoms with E-state index in [0.717, 1.165) is 31.4 Å². The van der Waals surface area contributed by atoms with E-state index in [1.165, 1.54) is 0 Å². The Bertz CT molecular complexity index is 488. The Hall–Kier alpha value is -1.79. The van der Waals surface area contributed by atoms with Gasteiger partial charge >= 0.3 is 6.18 Å². The minimum Gasteiger partial charge on any atom is -0.379 e. The third kappa shape index (κ3) is 5.61. The Balaban J connectivity index is 2.72. The first-order valence-corrected chi connectivity index (χ1v) is 6.81. The van der Waals surface area contributed by atoms with Gasteiger partial charge in [0.1, 0.15) is 5.69 Å². The first-order valence-electron chi connectivity index (χ1n) is 6.81. The highest BCUT2D eigenvalue weighted by Crippen LogP contribution is 2.34. The van der Waals surface area contributed by atoms with Gasteiger partial charge in [-0.15, -0.1) is 0 Å². The van der Waals surface area contributed by atoms with Crippen LogP contribution >= 0.6 is 0 Å². The van der Waals surface area contributed by atoms with Crippen LogP contribution in [0.2, 0.25) is 0 Å². The molecule has 0 heterocycles. The van der Waals surface area contributed by atoms with Crippen molar-refractivity contribution in [3.05, 3.63) is 33.9 Å². The summed E-state index contributed by atoms with van der Waals surface area (Å²) in [6, 6.07) is 2.53. The van der Waals surface area contributed by atoms with Crippen molar-refractivity contribution in [1.29, 1.82) is 0 Å². The van der Waals surface area contributed by atoms with Crippen molar-refractivity contribution < 1.29 is 18.1 Å². The summed E-state index contributed by atoms with van der Waals surface area (Å²) in [5.74, 6) is 0.588. The van der Waals surface area contributed by atoms with E-state index < -0.39 is 22.4 Å². The summed E-state index contributed by atoms with van der Waals surface area (Å²) in [6.07, 6.45) is -1.74. The second kappa shape index (κ2) is 7.28. The van der Waals surface area contributed by atoms with E-state index >= 15 is 0 Å². The molecular formula is C14H19F3N2O2. The largest absolute Gasteiger partial charge is 0.416 e. The number of alkyl halides is 3. The molecule has 1 aromatic carbocycles. The van der Waals surface area contributed by atoms with Crippen molar-refractivity contribution >= 4 is 11.4 Å². The molecule has 0 aromatic heterocycles. The van der Waals surface area contributed by atoms with E-state index in [1.54, 1.807) is 0 Å². The molecule has 118 valence electrons. The maximum atomic E-state index is 12.5. The lowest BCUT2D eigenvalue weighted by molar-refractivity contribution is -0.384. The first kappa shape index (κ1) is 17.3. The Morgan fingerprint density at radius 2 is 1.95 bits per heavy atom. The Morgan fingerprint density at radius 1 is 1.29 bits per heavy atom. The van der Waals surface area contributed by atoms with Crippen molar-refractivity contribution in [2.45, 2.75) is 39.3 Å². The van der Waals surface area contributed by atoms with Gasteiger partial charge in [-0.05, 0) is 24.5 Å². The molecule has 0 aliphatic carbocycles. The van der Waals surface area contributed by atoms with Crippen molar-refractivity contribution in [3.63, 3.8) is 0 Å². The SMILES string of the molecule is CC(C)CCCCNc1ccc(C(F)(F)F)cc1[N+](=O)[O-]. The summed E-state index contributed by atoms with van der Waals surface area (Å²) in [5, 5.41) is 13.7. The number of nitrogens with one attached hydrogen (secondary N) is 1. The molecule has 1 N–H and O–H groups in total. The predicted octanol–water partition coefficient (Wildman–Crippen LogP) is 4.85. The second-order valence-corrected chi connectivity index (χ2v) is 5.30. The number of rotatable bonds is 7. The standard InChI is InChI=1S/C14H19F3N2O2/c1-10(2)5-3-4-8-18-12-7-6-11(14(15,16)17)9-13(12)19(20)21/h6-7,9-10,18H,3-5,8H2,1-2H3. The number of benzene rings is 1. The summed E-state index contributed by atoms with van der Waals surface area (Å²) >= 11 is 0. The van der Waals surface area contributed by atoms with Gasteiger partial charge in [-0.2, -0.15) is 13.2 Å². The van der Waals surface area contributed by atoms with E-state index in [0.29, 0.717) is 18.5 Å². The number of halogens is 3. The van der Waals surface area contributed by atoms with Crippen LogP contribution in [0.15, 0.2) is 18.2 Å². The lowest BCUT2D eigenvalue weighted by Crippen LogP contribution is -2.09. The predicted molar refractivity (Wildman–Crippen MR) is 75.3 cm³/mol. The number of anilines is 1. The smallest absolute Gasteiger partial charge is 0.379 e. The van der Waals surface area contributed by atoms with Gasteiger partial charge in [0, 0.05) is 12.6 Å². The highest BCUT2D eigenvalue weighted by molar-refractivity contribution is 5.62. The van der Waals surface area contributed by atoms with E-state index in [4.69, 9.17) is 0 Å². The normalized spacial score (nSPS) is 11.7. The lowest BCUT2D eigenvalue weighted by atomic mass is 10.1. The quantitative estimate of drug-likeness (QED) is 0.445. The summed E-state index contributed by atoms with van der Waals surface area (Å²) in [4.78, 5) is 10.1. The molecule has 0 spiro atoms. The lowest BCUT2D eigenvalue weighted by Gasteiger charge is -2.11. The molecule has 0 radical (unpaired) electrons. The fourth-order valence-corrected chi connectivity index (χ4v) is 1.91. The number of hydrogen-bond donors (Lipinski definition) is 1. The van der Waals surface area contributed by atoms with Crippen LogP contribution in [0.5, 0.6) is 0 Å². The average molecular weight is 304 g/mol. The molecule has 1 rings (SSSR count). The molecule has 0 saturated carbocycles. The van der Waals surface area contributed by atoms with Gasteiger partial charge in [0.2, 0.25) is 0 Å². The highest BCUT2D eigenvalue weighted by Gasteiger charge is 2.32. The zero-order valence-electron chi connectivity index (χ0n) is 12.0. The second-order valence-electron chi connectivity index (χ2n) is 5.30. The zero-order valence-corrected chi connectivity index (χ0v) is 12.0. The molecule has 0 aliphatic heterocycles. The van der Waals surface area contributed by atoms with E-state index in [9.17, 15) is 23.3 Å². The van der Waals surface area contributed by atoms with Crippen LogP contribution in [0.1, 0.15) is 38.7 Å². The number of nitro groups is 1. The molecule has 7 heteroatoms. The van der Waals surface area contributed by atoms with Crippen molar-refractivity contribution in [1.82, 2.24) is 0 Å². The van der Waals surface area contributed by atoms with Gasteiger partial charge in [0.05, 0.1) is 10.5 Å². The maximum absolute atomic E-state index is 12.5. The molecule has 4 nitrogen and oxygen atoms in total. The number of unbranched alkanes of at least 4 members (excludes halogenated alkanes) is 1. The monoisotopic (exact) mass is 304 g/mol. The Kier molecular flexibility index (Phi) is 5.99.